The molecule has 0 fully saturated rings. The molecule has 0 radical (unpaired) electrons. The first-order chi connectivity index (χ1) is 17.0. The summed E-state index contributed by atoms with van der Waals surface area (Å²) >= 11 is 19.7. The van der Waals surface area contributed by atoms with Gasteiger partial charge in [-0.3, -0.25) is 4.79 Å². The first-order valence-electron chi connectivity index (χ1n) is 10.8. The summed E-state index contributed by atoms with van der Waals surface area (Å²) in [5.74, 6) is 1.16. The van der Waals surface area contributed by atoms with Crippen molar-refractivity contribution in [1.82, 2.24) is 0 Å². The van der Waals surface area contributed by atoms with Crippen LogP contribution in [-0.2, 0) is 12.4 Å². The number of ketones is 1. The van der Waals surface area contributed by atoms with Gasteiger partial charge in [0.15, 0.2) is 5.78 Å². The Labute approximate surface area is 224 Å². The van der Waals surface area contributed by atoms with E-state index in [0.717, 1.165) is 16.7 Å². The summed E-state index contributed by atoms with van der Waals surface area (Å²) in [5.41, 5.74) is 3.41. The maximum atomic E-state index is 13.5. The van der Waals surface area contributed by atoms with Crippen molar-refractivity contribution in [2.24, 2.45) is 0 Å². The lowest BCUT2D eigenvalue weighted by molar-refractivity contribution is 0.104. The van der Waals surface area contributed by atoms with Gasteiger partial charge in [-0.1, -0.05) is 89.4 Å². The number of carbonyl (C=O) groups is 1. The summed E-state index contributed by atoms with van der Waals surface area (Å²) < 4.78 is 6.10. The number of halogens is 3. The van der Waals surface area contributed by atoms with Crippen molar-refractivity contribution in [2.75, 3.05) is 0 Å². The normalized spacial score (nSPS) is 11.3. The molecule has 2 nitrogen and oxygen atoms in total. The number of ether oxygens (including phenoxy) is 1. The van der Waals surface area contributed by atoms with E-state index in [-0.39, 0.29) is 5.78 Å². The van der Waals surface area contributed by atoms with Crippen molar-refractivity contribution in [2.45, 2.75) is 12.4 Å². The zero-order valence-corrected chi connectivity index (χ0v) is 21.7. The minimum atomic E-state index is -0.0930. The molecule has 4 aromatic carbocycles. The molecule has 0 heterocycles. The van der Waals surface area contributed by atoms with Gasteiger partial charge in [0.05, 0.1) is 15.0 Å². The molecule has 0 amide bonds. The van der Waals surface area contributed by atoms with Gasteiger partial charge in [-0.2, -0.15) is 0 Å². The van der Waals surface area contributed by atoms with E-state index in [1.165, 1.54) is 11.8 Å². The molecule has 6 heteroatoms. The van der Waals surface area contributed by atoms with Gasteiger partial charge in [0.2, 0.25) is 0 Å². The van der Waals surface area contributed by atoms with E-state index in [1.807, 2.05) is 72.8 Å². The zero-order chi connectivity index (χ0) is 24.6. The van der Waals surface area contributed by atoms with Gasteiger partial charge in [0, 0.05) is 21.9 Å². The maximum Gasteiger partial charge on any atom is 0.199 e. The molecule has 4 rings (SSSR count). The zero-order valence-electron chi connectivity index (χ0n) is 18.6. The van der Waals surface area contributed by atoms with Crippen molar-refractivity contribution in [1.29, 1.82) is 0 Å². The predicted molar refractivity (Wildman–Crippen MR) is 149 cm³/mol. The Bertz CT molecular complexity index is 1340. The number of hydrogen-bond donors (Lipinski definition) is 0. The molecule has 0 atom stereocenters. The van der Waals surface area contributed by atoms with Crippen molar-refractivity contribution in [3.05, 3.63) is 139 Å². The van der Waals surface area contributed by atoms with E-state index in [0.29, 0.717) is 43.6 Å². The predicted octanol–water partition coefficient (Wildman–Crippen LogP) is 9.38. The second kappa shape index (κ2) is 12.3. The molecular weight excluding hydrogens is 519 g/mol. The van der Waals surface area contributed by atoms with Crippen molar-refractivity contribution >= 4 is 58.4 Å². The second-order valence-corrected chi connectivity index (χ2v) is 9.96. The average Bonchev–Trinajstić information content (AvgIpc) is 2.88. The Hall–Kier alpha value is -2.69. The minimum Gasteiger partial charge on any atom is -0.488 e. The lowest BCUT2D eigenvalue weighted by Crippen LogP contribution is -2.02. The van der Waals surface area contributed by atoms with E-state index in [4.69, 9.17) is 39.5 Å². The summed E-state index contributed by atoms with van der Waals surface area (Å²) in [5, 5.41) is 1.56. The van der Waals surface area contributed by atoms with Gasteiger partial charge in [0.1, 0.15) is 12.4 Å². The number of carbonyl (C=O) groups excluding carboxylic acids is 1. The van der Waals surface area contributed by atoms with Crippen LogP contribution in [0.5, 0.6) is 5.75 Å². The van der Waals surface area contributed by atoms with E-state index in [1.54, 1.807) is 30.3 Å². The molecule has 0 unspecified atom stereocenters. The summed E-state index contributed by atoms with van der Waals surface area (Å²) in [4.78, 5) is 14.1. The van der Waals surface area contributed by atoms with E-state index >= 15 is 0 Å². The lowest BCUT2D eigenvalue weighted by atomic mass is 10.1. The minimum absolute atomic E-state index is 0.0930. The number of hydrogen-bond acceptors (Lipinski definition) is 3. The van der Waals surface area contributed by atoms with Crippen LogP contribution in [0, 0.1) is 0 Å². The Morgan fingerprint density at radius 3 is 2.23 bits per heavy atom. The molecule has 0 saturated carbocycles. The molecule has 0 bridgehead atoms. The van der Waals surface area contributed by atoms with E-state index in [9.17, 15) is 4.79 Å². The first kappa shape index (κ1) is 25.4. The molecule has 35 heavy (non-hydrogen) atoms. The Balaban J connectivity index is 1.63. The van der Waals surface area contributed by atoms with Crippen LogP contribution in [0.15, 0.2) is 102 Å². The second-order valence-electron chi connectivity index (χ2n) is 7.69. The van der Waals surface area contributed by atoms with Crippen LogP contribution in [0.3, 0.4) is 0 Å². The highest BCUT2D eigenvalue weighted by molar-refractivity contribution is 8.03. The average molecular weight is 540 g/mol. The molecule has 0 aliphatic rings. The molecule has 0 N–H and O–H groups in total. The standard InChI is InChI=1S/C29H21Cl3O2S/c30-24-13-11-22(12-14-24)29(33)28(35-19-21-10-15-25(31)26(32)16-21)17-23-8-4-5-9-27(23)34-18-20-6-2-1-3-7-20/h1-17H,18-19H2. The molecule has 0 aliphatic heterocycles. The van der Waals surface area contributed by atoms with Crippen LogP contribution in [-0.4, -0.2) is 5.78 Å². The third-order valence-electron chi connectivity index (χ3n) is 5.15. The smallest absolute Gasteiger partial charge is 0.199 e. The summed E-state index contributed by atoms with van der Waals surface area (Å²) in [6, 6.07) is 30.0. The van der Waals surface area contributed by atoms with Crippen LogP contribution in [0.25, 0.3) is 6.08 Å². The SMILES string of the molecule is O=C(C(=Cc1ccccc1OCc1ccccc1)SCc1ccc(Cl)c(Cl)c1)c1ccc(Cl)cc1. The van der Waals surface area contributed by atoms with E-state index in [2.05, 4.69) is 0 Å². The fraction of sp³-hybridized carbons (Fsp3) is 0.0690. The molecule has 0 aromatic heterocycles. The quantitative estimate of drug-likeness (QED) is 0.156. The third-order valence-corrected chi connectivity index (χ3v) is 7.23. The number of para-hydroxylation sites is 1. The Kier molecular flexibility index (Phi) is 8.95. The van der Waals surface area contributed by atoms with Gasteiger partial charge < -0.3 is 4.74 Å². The summed E-state index contributed by atoms with van der Waals surface area (Å²) in [6.45, 7) is 0.433. The van der Waals surface area contributed by atoms with Gasteiger partial charge in [-0.15, -0.1) is 11.8 Å². The summed E-state index contributed by atoms with van der Waals surface area (Å²) in [7, 11) is 0. The van der Waals surface area contributed by atoms with Gasteiger partial charge in [-0.05, 0) is 59.7 Å². The van der Waals surface area contributed by atoms with Gasteiger partial charge in [-0.25, -0.2) is 0 Å². The monoisotopic (exact) mass is 538 g/mol. The topological polar surface area (TPSA) is 26.3 Å². The Morgan fingerprint density at radius 1 is 0.771 bits per heavy atom. The molecule has 0 saturated heterocycles. The van der Waals surface area contributed by atoms with Crippen LogP contribution in [0.2, 0.25) is 15.1 Å². The molecule has 176 valence electrons. The highest BCUT2D eigenvalue weighted by Crippen LogP contribution is 2.32. The molecule has 4 aromatic rings. The Morgan fingerprint density at radius 2 is 1.49 bits per heavy atom. The summed E-state index contributed by atoms with van der Waals surface area (Å²) in [6.07, 6.45) is 1.87. The maximum absolute atomic E-state index is 13.5. The number of rotatable bonds is 9. The number of Topliss-reactive ketones (excluding diaryl/α,β-unsaturated/α-hetero) is 1. The van der Waals surface area contributed by atoms with Crippen molar-refractivity contribution in [3.63, 3.8) is 0 Å². The van der Waals surface area contributed by atoms with Crippen LogP contribution in [0.1, 0.15) is 27.0 Å². The van der Waals surface area contributed by atoms with Crippen LogP contribution in [0.4, 0.5) is 0 Å². The van der Waals surface area contributed by atoms with Gasteiger partial charge in [0.25, 0.3) is 0 Å². The van der Waals surface area contributed by atoms with Gasteiger partial charge >= 0.3 is 0 Å². The molecule has 0 aliphatic carbocycles. The molecular formula is C29H21Cl3O2S. The van der Waals surface area contributed by atoms with Crippen molar-refractivity contribution < 1.29 is 9.53 Å². The third kappa shape index (κ3) is 7.16. The van der Waals surface area contributed by atoms with Crippen LogP contribution >= 0.6 is 46.6 Å². The van der Waals surface area contributed by atoms with Crippen molar-refractivity contribution in [3.8, 4) is 5.75 Å². The lowest BCUT2D eigenvalue weighted by Gasteiger charge is -2.12. The highest BCUT2D eigenvalue weighted by atomic mass is 35.5. The fourth-order valence-corrected chi connectivity index (χ4v) is 4.72. The number of benzene rings is 4. The van der Waals surface area contributed by atoms with Crippen LogP contribution < -0.4 is 4.74 Å². The largest absolute Gasteiger partial charge is 0.488 e. The molecule has 0 spiro atoms. The number of thioether (sulfide) groups is 1. The number of allylic oxidation sites excluding steroid dienone is 1. The highest BCUT2D eigenvalue weighted by Gasteiger charge is 2.15. The van der Waals surface area contributed by atoms with E-state index < -0.39 is 0 Å². The fourth-order valence-electron chi connectivity index (χ4n) is 3.31. The first-order valence-corrected chi connectivity index (χ1v) is 13.0.